The summed E-state index contributed by atoms with van der Waals surface area (Å²) in [5, 5.41) is 11.7. The summed E-state index contributed by atoms with van der Waals surface area (Å²) < 4.78 is 16.3. The summed E-state index contributed by atoms with van der Waals surface area (Å²) in [4.78, 5) is 24.6. The van der Waals surface area contributed by atoms with E-state index in [1.165, 1.54) is 25.3 Å². The van der Waals surface area contributed by atoms with Gasteiger partial charge in [-0.1, -0.05) is 0 Å². The molecule has 0 radical (unpaired) electrons. The van der Waals surface area contributed by atoms with Crippen LogP contribution in [-0.2, 0) is 10.8 Å². The van der Waals surface area contributed by atoms with Crippen LogP contribution in [0.25, 0.3) is 0 Å². The maximum atomic E-state index is 12.1. The van der Waals surface area contributed by atoms with Crippen LogP contribution >= 0.6 is 0 Å². The zero-order valence-electron chi connectivity index (χ0n) is 11.5. The lowest BCUT2D eigenvalue weighted by molar-refractivity contribution is 0.0693. The number of anilines is 1. The van der Waals surface area contributed by atoms with Crippen molar-refractivity contribution in [2.24, 2.45) is 0 Å². The van der Waals surface area contributed by atoms with Crippen LogP contribution in [0.15, 0.2) is 18.2 Å². The van der Waals surface area contributed by atoms with Crippen molar-refractivity contribution in [3.05, 3.63) is 23.8 Å². The van der Waals surface area contributed by atoms with E-state index in [1.807, 2.05) is 0 Å². The molecule has 8 heteroatoms. The predicted octanol–water partition coefficient (Wildman–Crippen LogP) is 0.990. The molecule has 1 aromatic rings. The fraction of sp³-hybridized carbons (Fsp3) is 0.385. The van der Waals surface area contributed by atoms with E-state index in [2.05, 4.69) is 5.32 Å². The van der Waals surface area contributed by atoms with Crippen molar-refractivity contribution in [3.63, 3.8) is 0 Å². The van der Waals surface area contributed by atoms with Gasteiger partial charge in [-0.25, -0.2) is 9.59 Å². The van der Waals surface area contributed by atoms with Crippen LogP contribution in [0, 0.1) is 0 Å². The zero-order valence-corrected chi connectivity index (χ0v) is 12.3. The van der Waals surface area contributed by atoms with Gasteiger partial charge >= 0.3 is 12.0 Å². The molecule has 0 saturated carbocycles. The molecule has 0 unspecified atom stereocenters. The molecule has 0 aromatic heterocycles. The molecule has 0 atom stereocenters. The Hall–Kier alpha value is -2.09. The van der Waals surface area contributed by atoms with E-state index in [-0.39, 0.29) is 17.3 Å². The van der Waals surface area contributed by atoms with Crippen LogP contribution in [0.4, 0.5) is 10.5 Å². The quantitative estimate of drug-likeness (QED) is 0.867. The van der Waals surface area contributed by atoms with E-state index in [0.717, 1.165) is 0 Å². The highest BCUT2D eigenvalue weighted by molar-refractivity contribution is 7.85. The van der Waals surface area contributed by atoms with Crippen molar-refractivity contribution in [1.29, 1.82) is 0 Å². The Kier molecular flexibility index (Phi) is 4.79. The highest BCUT2D eigenvalue weighted by Crippen LogP contribution is 2.23. The average Bonchev–Trinajstić information content (AvgIpc) is 2.47. The Bertz CT molecular complexity index is 580. The number of benzene rings is 1. The van der Waals surface area contributed by atoms with Gasteiger partial charge in [-0.3, -0.25) is 4.21 Å². The maximum Gasteiger partial charge on any atom is 0.339 e. The van der Waals surface area contributed by atoms with E-state index in [1.54, 1.807) is 4.90 Å². The van der Waals surface area contributed by atoms with Crippen molar-refractivity contribution < 1.29 is 23.6 Å². The van der Waals surface area contributed by atoms with Gasteiger partial charge in [0.05, 0.1) is 7.11 Å². The Balaban J connectivity index is 2.07. The third-order valence-electron chi connectivity index (χ3n) is 3.15. The second kappa shape index (κ2) is 6.57. The molecule has 0 aliphatic carbocycles. The van der Waals surface area contributed by atoms with Gasteiger partial charge in [0.25, 0.3) is 0 Å². The number of nitrogens with zero attached hydrogens (tertiary/aromatic N) is 1. The molecule has 2 amide bonds. The number of urea groups is 1. The molecule has 1 heterocycles. The van der Waals surface area contributed by atoms with Crippen molar-refractivity contribution in [3.8, 4) is 5.75 Å². The molecule has 1 aliphatic heterocycles. The molecule has 1 fully saturated rings. The van der Waals surface area contributed by atoms with E-state index >= 15 is 0 Å². The highest BCUT2D eigenvalue weighted by atomic mass is 32.2. The number of hydrogen-bond donors (Lipinski definition) is 2. The SMILES string of the molecule is COc1cc(NC(=O)N2CCS(=O)CC2)ccc1C(=O)O. The summed E-state index contributed by atoms with van der Waals surface area (Å²) in [5.41, 5.74) is 0.484. The lowest BCUT2D eigenvalue weighted by atomic mass is 10.2. The van der Waals surface area contributed by atoms with Crippen molar-refractivity contribution >= 4 is 28.5 Å². The van der Waals surface area contributed by atoms with Crippen LogP contribution in [0.1, 0.15) is 10.4 Å². The number of methoxy groups -OCH3 is 1. The molecule has 1 saturated heterocycles. The Morgan fingerprint density at radius 1 is 1.33 bits per heavy atom. The fourth-order valence-corrected chi connectivity index (χ4v) is 3.04. The second-order valence-electron chi connectivity index (χ2n) is 4.49. The van der Waals surface area contributed by atoms with Gasteiger partial charge in [0.15, 0.2) is 0 Å². The molecule has 7 nitrogen and oxygen atoms in total. The van der Waals surface area contributed by atoms with Gasteiger partial charge in [0.2, 0.25) is 0 Å². The number of amides is 2. The van der Waals surface area contributed by atoms with Crippen LogP contribution < -0.4 is 10.1 Å². The van der Waals surface area contributed by atoms with E-state index < -0.39 is 16.8 Å². The Labute approximate surface area is 124 Å². The fourth-order valence-electron chi connectivity index (χ4n) is 1.99. The van der Waals surface area contributed by atoms with Crippen molar-refractivity contribution in [1.82, 2.24) is 4.90 Å². The van der Waals surface area contributed by atoms with Gasteiger partial charge in [-0.15, -0.1) is 0 Å². The maximum absolute atomic E-state index is 12.1. The third-order valence-corrected chi connectivity index (χ3v) is 4.42. The number of hydrogen-bond acceptors (Lipinski definition) is 4. The molecule has 114 valence electrons. The minimum Gasteiger partial charge on any atom is -0.496 e. The molecule has 0 spiro atoms. The number of aromatic carboxylic acids is 1. The number of carboxylic acids is 1. The lowest BCUT2D eigenvalue weighted by Gasteiger charge is -2.26. The minimum absolute atomic E-state index is 0.0314. The molecule has 2 rings (SSSR count). The predicted molar refractivity (Wildman–Crippen MR) is 78.4 cm³/mol. The van der Waals surface area contributed by atoms with Crippen LogP contribution in [0.2, 0.25) is 0 Å². The monoisotopic (exact) mass is 312 g/mol. The molecule has 0 bridgehead atoms. The number of rotatable bonds is 3. The summed E-state index contributed by atoms with van der Waals surface area (Å²) in [5.74, 6) is 0.0481. The summed E-state index contributed by atoms with van der Waals surface area (Å²) in [6.07, 6.45) is 0. The first-order valence-corrected chi connectivity index (χ1v) is 7.82. The molecule has 21 heavy (non-hydrogen) atoms. The van der Waals surface area contributed by atoms with E-state index in [9.17, 15) is 13.8 Å². The summed E-state index contributed by atoms with van der Waals surface area (Å²) in [6, 6.07) is 4.05. The van der Waals surface area contributed by atoms with Crippen molar-refractivity contribution in [2.45, 2.75) is 0 Å². The summed E-state index contributed by atoms with van der Waals surface area (Å²) in [7, 11) is 0.524. The van der Waals surface area contributed by atoms with E-state index in [4.69, 9.17) is 9.84 Å². The topological polar surface area (TPSA) is 95.9 Å². The highest BCUT2D eigenvalue weighted by Gasteiger charge is 2.20. The van der Waals surface area contributed by atoms with E-state index in [0.29, 0.717) is 30.3 Å². The van der Waals surface area contributed by atoms with Gasteiger partial charge in [-0.2, -0.15) is 0 Å². The molecular formula is C13H16N2O5S. The number of ether oxygens (including phenoxy) is 1. The minimum atomic E-state index is -1.09. The lowest BCUT2D eigenvalue weighted by Crippen LogP contribution is -2.43. The largest absolute Gasteiger partial charge is 0.496 e. The molecule has 2 N–H and O–H groups in total. The van der Waals surface area contributed by atoms with Crippen molar-refractivity contribution in [2.75, 3.05) is 37.0 Å². The number of carbonyl (C=O) groups excluding carboxylic acids is 1. The van der Waals surface area contributed by atoms with Crippen LogP contribution in [0.5, 0.6) is 5.75 Å². The normalized spacial score (nSPS) is 15.6. The first-order chi connectivity index (χ1) is 10.0. The van der Waals surface area contributed by atoms with Gasteiger partial charge in [0, 0.05) is 47.1 Å². The Morgan fingerprint density at radius 3 is 2.57 bits per heavy atom. The standard InChI is InChI=1S/C13H16N2O5S/c1-20-11-8-9(2-3-10(11)12(16)17)14-13(18)15-4-6-21(19)7-5-15/h2-3,8H,4-7H2,1H3,(H,14,18)(H,16,17). The molecule has 1 aromatic carbocycles. The summed E-state index contributed by atoms with van der Waals surface area (Å²) in [6.45, 7) is 0.894. The summed E-state index contributed by atoms with van der Waals surface area (Å²) >= 11 is 0. The zero-order chi connectivity index (χ0) is 15.4. The first kappa shape index (κ1) is 15.3. The number of carboxylic acid groups (broad SMARTS) is 1. The van der Waals surface area contributed by atoms with Crippen LogP contribution in [-0.4, -0.2) is 57.9 Å². The average molecular weight is 312 g/mol. The van der Waals surface area contributed by atoms with Gasteiger partial charge in [0.1, 0.15) is 11.3 Å². The van der Waals surface area contributed by atoms with Gasteiger partial charge < -0.3 is 20.1 Å². The first-order valence-electron chi connectivity index (χ1n) is 6.33. The third kappa shape index (κ3) is 3.72. The smallest absolute Gasteiger partial charge is 0.339 e. The number of nitrogens with one attached hydrogen (secondary N) is 1. The molecular weight excluding hydrogens is 296 g/mol. The van der Waals surface area contributed by atoms with Crippen LogP contribution in [0.3, 0.4) is 0 Å². The Morgan fingerprint density at radius 2 is 2.00 bits per heavy atom. The molecule has 1 aliphatic rings. The second-order valence-corrected chi connectivity index (χ2v) is 6.18. The van der Waals surface area contributed by atoms with Gasteiger partial charge in [-0.05, 0) is 12.1 Å². The number of carbonyl (C=O) groups is 2.